The lowest BCUT2D eigenvalue weighted by molar-refractivity contribution is -0.138. The zero-order valence-electron chi connectivity index (χ0n) is 23.9. The van der Waals surface area contributed by atoms with E-state index in [-0.39, 0.29) is 29.0 Å². The Balaban J connectivity index is 1.47. The second-order valence-electron chi connectivity index (χ2n) is 10.4. The van der Waals surface area contributed by atoms with Gasteiger partial charge in [-0.3, -0.25) is 9.36 Å². The molecule has 1 aliphatic rings. The minimum absolute atomic E-state index is 0.0262. The number of ether oxygens (including phenoxy) is 1. The highest BCUT2D eigenvalue weighted by Gasteiger charge is 2.37. The Kier molecular flexibility index (Phi) is 8.08. The number of alkyl halides is 3. The van der Waals surface area contributed by atoms with Crippen LogP contribution in [0.1, 0.15) is 28.3 Å². The van der Waals surface area contributed by atoms with Gasteiger partial charge in [0.2, 0.25) is 5.82 Å². The van der Waals surface area contributed by atoms with E-state index in [0.29, 0.717) is 33.4 Å². The summed E-state index contributed by atoms with van der Waals surface area (Å²) in [4.78, 5) is 14.2. The zero-order chi connectivity index (χ0) is 31.9. The number of tetrazole rings is 1. The number of halogens is 5. The highest BCUT2D eigenvalue weighted by molar-refractivity contribution is 7.99. The quantitative estimate of drug-likeness (QED) is 0.183. The van der Waals surface area contributed by atoms with Gasteiger partial charge in [0.25, 0.3) is 5.56 Å². The van der Waals surface area contributed by atoms with Crippen LogP contribution in [-0.2, 0) is 12.6 Å². The Morgan fingerprint density at radius 2 is 1.87 bits per heavy atom. The van der Waals surface area contributed by atoms with Gasteiger partial charge in [0.15, 0.2) is 11.6 Å². The Morgan fingerprint density at radius 1 is 1.09 bits per heavy atom. The summed E-state index contributed by atoms with van der Waals surface area (Å²) in [7, 11) is 1.29. The van der Waals surface area contributed by atoms with E-state index in [4.69, 9.17) is 4.74 Å². The number of fused-ring (bicyclic) bond motifs is 1. The van der Waals surface area contributed by atoms with Crippen LogP contribution in [0.2, 0.25) is 0 Å². The van der Waals surface area contributed by atoms with Crippen molar-refractivity contribution >= 4 is 17.4 Å². The summed E-state index contributed by atoms with van der Waals surface area (Å²) in [5.74, 6) is -1.11. The number of methoxy groups -OCH3 is 1. The monoisotopic (exact) mass is 640 g/mol. The molecule has 5 aromatic rings. The van der Waals surface area contributed by atoms with Crippen LogP contribution in [-0.4, -0.2) is 44.6 Å². The first kappa shape index (κ1) is 30.3. The summed E-state index contributed by atoms with van der Waals surface area (Å²) in [6, 6.07) is 13.9. The highest BCUT2D eigenvalue weighted by atomic mass is 32.2. The molecular formula is C31H25F5N6O2S. The molecule has 1 aliphatic heterocycles. The molecule has 45 heavy (non-hydrogen) atoms. The molecule has 0 aliphatic carbocycles. The molecule has 3 aromatic carbocycles. The number of nitrogens with one attached hydrogen (secondary N) is 2. The van der Waals surface area contributed by atoms with Crippen molar-refractivity contribution in [2.24, 2.45) is 0 Å². The maximum Gasteiger partial charge on any atom is 0.416 e. The van der Waals surface area contributed by atoms with Crippen molar-refractivity contribution in [3.05, 3.63) is 105 Å². The van der Waals surface area contributed by atoms with Gasteiger partial charge in [0.05, 0.1) is 29.3 Å². The van der Waals surface area contributed by atoms with E-state index in [0.717, 1.165) is 18.2 Å². The number of aromatic amines is 1. The van der Waals surface area contributed by atoms with E-state index >= 15 is 8.78 Å². The molecule has 1 atom stereocenters. The maximum absolute atomic E-state index is 15.6. The van der Waals surface area contributed by atoms with Crippen LogP contribution in [0.15, 0.2) is 70.5 Å². The third kappa shape index (κ3) is 5.65. The van der Waals surface area contributed by atoms with Crippen molar-refractivity contribution in [2.45, 2.75) is 30.6 Å². The zero-order valence-corrected chi connectivity index (χ0v) is 24.7. The van der Waals surface area contributed by atoms with Crippen molar-refractivity contribution in [2.75, 3.05) is 24.7 Å². The van der Waals surface area contributed by atoms with Gasteiger partial charge in [-0.1, -0.05) is 30.3 Å². The van der Waals surface area contributed by atoms with Gasteiger partial charge in [0.1, 0.15) is 5.82 Å². The Labute approximate surface area is 257 Å². The van der Waals surface area contributed by atoms with Crippen LogP contribution in [0, 0.1) is 18.6 Å². The number of hydrogen-bond donors (Lipinski definition) is 2. The summed E-state index contributed by atoms with van der Waals surface area (Å²) in [5.41, 5.74) is -0.271. The number of aromatic nitrogens is 5. The van der Waals surface area contributed by atoms with Crippen molar-refractivity contribution in [1.29, 1.82) is 0 Å². The number of hydrogen-bond acceptors (Lipinski definition) is 7. The SMILES string of the molecule is COc1cccc(-c2c(C)c(Cc3c(F)cccc3C(F)(F)F)c3n(c2=O)C(CNc2cccc(-c4nn[nH]n4)c2)CS3)c1F. The third-order valence-corrected chi connectivity index (χ3v) is 9.02. The fraction of sp³-hybridized carbons (Fsp3) is 0.226. The fourth-order valence-corrected chi connectivity index (χ4v) is 6.96. The smallest absolute Gasteiger partial charge is 0.416 e. The maximum atomic E-state index is 15.6. The molecule has 0 radical (unpaired) electrons. The molecule has 0 fully saturated rings. The lowest BCUT2D eigenvalue weighted by Crippen LogP contribution is -2.31. The van der Waals surface area contributed by atoms with Gasteiger partial charge >= 0.3 is 6.18 Å². The van der Waals surface area contributed by atoms with Crippen molar-refractivity contribution in [1.82, 2.24) is 25.2 Å². The number of pyridine rings is 1. The number of benzene rings is 3. The van der Waals surface area contributed by atoms with Gasteiger partial charge in [0, 0.05) is 41.1 Å². The van der Waals surface area contributed by atoms with Gasteiger partial charge in [-0.05, 0) is 53.6 Å². The van der Waals surface area contributed by atoms with E-state index < -0.39 is 47.0 Å². The number of nitrogens with zero attached hydrogens (tertiary/aromatic N) is 4. The molecule has 0 saturated carbocycles. The minimum Gasteiger partial charge on any atom is -0.494 e. The summed E-state index contributed by atoms with van der Waals surface area (Å²) >= 11 is 1.29. The number of rotatable bonds is 8. The van der Waals surface area contributed by atoms with Crippen molar-refractivity contribution < 1.29 is 26.7 Å². The van der Waals surface area contributed by atoms with E-state index in [2.05, 4.69) is 25.9 Å². The van der Waals surface area contributed by atoms with Crippen LogP contribution in [0.3, 0.4) is 0 Å². The molecule has 1 unspecified atom stereocenters. The average molecular weight is 641 g/mol. The van der Waals surface area contributed by atoms with Crippen LogP contribution in [0.5, 0.6) is 5.75 Å². The molecular weight excluding hydrogens is 615 g/mol. The molecule has 0 amide bonds. The van der Waals surface area contributed by atoms with Gasteiger partial charge in [-0.25, -0.2) is 8.78 Å². The lowest BCUT2D eigenvalue weighted by atomic mass is 9.92. The fourth-order valence-electron chi connectivity index (χ4n) is 5.57. The second-order valence-corrected chi connectivity index (χ2v) is 11.4. The largest absolute Gasteiger partial charge is 0.494 e. The summed E-state index contributed by atoms with van der Waals surface area (Å²) < 4.78 is 79.2. The first-order valence-electron chi connectivity index (χ1n) is 13.7. The summed E-state index contributed by atoms with van der Waals surface area (Å²) in [6.45, 7) is 1.81. The topological polar surface area (TPSA) is 97.7 Å². The second kappa shape index (κ2) is 12.0. The Bertz CT molecular complexity index is 1940. The molecule has 2 N–H and O–H groups in total. The Hall–Kier alpha value is -4.72. The Morgan fingerprint density at radius 3 is 2.60 bits per heavy atom. The van der Waals surface area contributed by atoms with E-state index in [1.54, 1.807) is 13.0 Å². The van der Waals surface area contributed by atoms with E-state index in [1.807, 2.05) is 18.2 Å². The molecule has 0 spiro atoms. The van der Waals surface area contributed by atoms with Gasteiger partial charge < -0.3 is 10.1 Å². The normalized spacial score (nSPS) is 14.4. The van der Waals surface area contributed by atoms with Crippen LogP contribution in [0.25, 0.3) is 22.5 Å². The highest BCUT2D eigenvalue weighted by Crippen LogP contribution is 2.42. The predicted octanol–water partition coefficient (Wildman–Crippen LogP) is 6.66. The summed E-state index contributed by atoms with van der Waals surface area (Å²) in [5, 5.41) is 17.7. The molecule has 14 heteroatoms. The van der Waals surface area contributed by atoms with Gasteiger partial charge in [-0.2, -0.15) is 18.4 Å². The number of thioether (sulfide) groups is 1. The van der Waals surface area contributed by atoms with Crippen molar-refractivity contribution in [3.63, 3.8) is 0 Å². The first-order valence-corrected chi connectivity index (χ1v) is 14.7. The average Bonchev–Trinajstić information content (AvgIpc) is 3.70. The first-order chi connectivity index (χ1) is 21.6. The molecule has 0 saturated heterocycles. The minimum atomic E-state index is -4.81. The molecule has 2 aromatic heterocycles. The van der Waals surface area contributed by atoms with E-state index in [1.165, 1.54) is 41.6 Å². The van der Waals surface area contributed by atoms with Crippen LogP contribution in [0.4, 0.5) is 27.6 Å². The molecule has 8 nitrogen and oxygen atoms in total. The molecule has 3 heterocycles. The van der Waals surface area contributed by atoms with Crippen LogP contribution < -0.4 is 15.6 Å². The van der Waals surface area contributed by atoms with Crippen LogP contribution >= 0.6 is 11.8 Å². The molecule has 0 bridgehead atoms. The number of anilines is 1. The van der Waals surface area contributed by atoms with Crippen molar-refractivity contribution in [3.8, 4) is 28.3 Å². The molecule has 232 valence electrons. The number of H-pyrrole nitrogens is 1. The van der Waals surface area contributed by atoms with Gasteiger partial charge in [-0.15, -0.1) is 22.0 Å². The molecule has 6 rings (SSSR count). The van der Waals surface area contributed by atoms with E-state index in [9.17, 15) is 18.0 Å². The lowest BCUT2D eigenvalue weighted by Gasteiger charge is -2.22. The summed E-state index contributed by atoms with van der Waals surface area (Å²) in [6.07, 6.45) is -5.26. The third-order valence-electron chi connectivity index (χ3n) is 7.75. The standard InChI is InChI=1S/C31H25F5N6O2S/c1-16-21(13-22-23(31(34,35)36)9-5-10-24(22)32)30-42(29(43)26(16)20-8-4-11-25(44-2)27(20)33)19(15-45-30)14-37-18-7-3-6-17(12-18)28-38-40-41-39-28/h3-12,19,37H,13-15H2,1-2H3,(H,38,39,40,41). The predicted molar refractivity (Wildman–Crippen MR) is 159 cm³/mol.